The van der Waals surface area contributed by atoms with Crippen LogP contribution in [0.3, 0.4) is 0 Å². The number of carbonyl (C=O) groups is 2. The molecule has 0 amide bonds. The van der Waals surface area contributed by atoms with Crippen molar-refractivity contribution in [1.29, 1.82) is 0 Å². The van der Waals surface area contributed by atoms with Crippen LogP contribution >= 0.6 is 23.2 Å². The van der Waals surface area contributed by atoms with Crippen LogP contribution in [0.2, 0.25) is 10.0 Å². The van der Waals surface area contributed by atoms with Crippen molar-refractivity contribution in [2.24, 2.45) is 11.8 Å². The zero-order valence-corrected chi connectivity index (χ0v) is 39.7. The minimum atomic E-state index is -1.10. The smallest absolute Gasteiger partial charge is 0.337 e. The maximum absolute atomic E-state index is 12.4. The number of carboxylic acid groups (broad SMARTS) is 2. The Morgan fingerprint density at radius 2 is 0.938 bits per heavy atom. The second kappa shape index (κ2) is 19.3. The van der Waals surface area contributed by atoms with Gasteiger partial charge < -0.3 is 19.7 Å². The lowest BCUT2D eigenvalue weighted by molar-refractivity contribution is -0.161. The van der Waals surface area contributed by atoms with Crippen LogP contribution in [0.5, 0.6) is 0 Å². The Morgan fingerprint density at radius 1 is 0.594 bits per heavy atom. The van der Waals surface area contributed by atoms with Gasteiger partial charge in [0.15, 0.2) is 12.2 Å². The third-order valence-corrected chi connectivity index (χ3v) is 12.3. The highest BCUT2D eigenvalue weighted by Gasteiger charge is 2.33. The number of hydrogen-bond donors (Lipinski definition) is 2. The first-order chi connectivity index (χ1) is 30.2. The first-order valence-corrected chi connectivity index (χ1v) is 23.2. The lowest BCUT2D eigenvalue weighted by Crippen LogP contribution is -2.28. The highest BCUT2D eigenvalue weighted by molar-refractivity contribution is 6.31. The Kier molecular flexibility index (Phi) is 14.2. The molecule has 0 spiro atoms. The van der Waals surface area contributed by atoms with Crippen molar-refractivity contribution >= 4 is 56.9 Å². The summed E-state index contributed by atoms with van der Waals surface area (Å²) in [7, 11) is 0. The van der Waals surface area contributed by atoms with E-state index < -0.39 is 35.3 Å². The molecule has 0 unspecified atom stereocenters. The van der Waals surface area contributed by atoms with Gasteiger partial charge in [-0.3, -0.25) is 9.97 Å². The van der Waals surface area contributed by atoms with Crippen molar-refractivity contribution in [3.05, 3.63) is 129 Å². The van der Waals surface area contributed by atoms with E-state index >= 15 is 0 Å². The van der Waals surface area contributed by atoms with E-state index in [1.165, 1.54) is 38.5 Å². The van der Waals surface area contributed by atoms with Gasteiger partial charge in [-0.1, -0.05) is 85.3 Å². The third-order valence-electron chi connectivity index (χ3n) is 11.8. The van der Waals surface area contributed by atoms with Gasteiger partial charge in [-0.25, -0.2) is 9.59 Å². The van der Waals surface area contributed by atoms with Crippen molar-refractivity contribution in [2.45, 2.75) is 130 Å². The zero-order chi connectivity index (χ0) is 46.1. The summed E-state index contributed by atoms with van der Waals surface area (Å²) in [6, 6.07) is 27.3. The van der Waals surface area contributed by atoms with E-state index in [0.717, 1.165) is 91.3 Å². The Hall–Kier alpha value is -4.86. The molecule has 2 saturated carbocycles. The van der Waals surface area contributed by atoms with Crippen LogP contribution in [-0.2, 0) is 31.9 Å². The van der Waals surface area contributed by atoms with Crippen LogP contribution in [0.1, 0.15) is 126 Å². The predicted molar refractivity (Wildman–Crippen MR) is 258 cm³/mol. The molecule has 2 heterocycles. The molecule has 4 aromatic carbocycles. The molecule has 2 N–H and O–H groups in total. The van der Waals surface area contributed by atoms with Gasteiger partial charge in [0, 0.05) is 43.3 Å². The molecule has 2 atom stereocenters. The monoisotopic (exact) mass is 902 g/mol. The normalized spacial score (nSPS) is 15.2. The number of benzene rings is 4. The van der Waals surface area contributed by atoms with Gasteiger partial charge >= 0.3 is 11.9 Å². The van der Waals surface area contributed by atoms with Crippen molar-refractivity contribution < 1.29 is 29.3 Å². The standard InChI is InChI=1S/2C27H30ClNO3/c2*1-16-15-22-21(14-13-20(29-22)12-7-17-5-6-17)24(18-8-10-19(28)11-9-18)23(16)25(26(30)31)32-27(2,3)4/h2*8-11,13-15,17,25H,5-7,12H2,1-4H3,(H,30,31)/t2*25-/m00/s1. The van der Waals surface area contributed by atoms with E-state index in [0.29, 0.717) is 21.2 Å². The summed E-state index contributed by atoms with van der Waals surface area (Å²) in [5.74, 6) is -0.308. The van der Waals surface area contributed by atoms with Crippen LogP contribution in [0.15, 0.2) is 84.9 Å². The summed E-state index contributed by atoms with van der Waals surface area (Å²) in [6.45, 7) is 15.1. The molecular formula is C54H60Cl2N2O6. The fourth-order valence-corrected chi connectivity index (χ4v) is 8.68. The number of carboxylic acids is 2. The number of rotatable bonds is 14. The molecule has 2 fully saturated rings. The topological polar surface area (TPSA) is 119 Å². The van der Waals surface area contributed by atoms with Crippen molar-refractivity contribution in [3.8, 4) is 22.3 Å². The molecular weight excluding hydrogens is 844 g/mol. The van der Waals surface area contributed by atoms with Crippen LogP contribution in [0.4, 0.5) is 0 Å². The lowest BCUT2D eigenvalue weighted by atomic mass is 9.88. The molecule has 10 heteroatoms. The average molecular weight is 904 g/mol. The van der Waals surface area contributed by atoms with Crippen LogP contribution in [-0.4, -0.2) is 43.3 Å². The van der Waals surface area contributed by atoms with Crippen LogP contribution in [0, 0.1) is 25.7 Å². The van der Waals surface area contributed by atoms with Crippen molar-refractivity contribution in [1.82, 2.24) is 9.97 Å². The minimum absolute atomic E-state index is 0.618. The highest BCUT2D eigenvalue weighted by atomic mass is 35.5. The Labute approximate surface area is 387 Å². The number of nitrogens with zero attached hydrogens (tertiary/aromatic N) is 2. The molecule has 64 heavy (non-hydrogen) atoms. The molecule has 2 aliphatic rings. The summed E-state index contributed by atoms with van der Waals surface area (Å²) < 4.78 is 12.1. The number of aliphatic carboxylic acids is 2. The van der Waals surface area contributed by atoms with E-state index in [-0.39, 0.29) is 0 Å². The maximum atomic E-state index is 12.4. The van der Waals surface area contributed by atoms with Gasteiger partial charge in [0.25, 0.3) is 0 Å². The zero-order valence-electron chi connectivity index (χ0n) is 38.2. The number of fused-ring (bicyclic) bond motifs is 2. The summed E-state index contributed by atoms with van der Waals surface area (Å²) in [4.78, 5) is 34.6. The molecule has 8 rings (SSSR count). The van der Waals surface area contributed by atoms with Crippen molar-refractivity contribution in [2.75, 3.05) is 0 Å². The van der Waals surface area contributed by atoms with Gasteiger partial charge in [-0.15, -0.1) is 0 Å². The van der Waals surface area contributed by atoms with E-state index in [9.17, 15) is 19.8 Å². The molecule has 6 aromatic rings. The Bertz CT molecular complexity index is 2470. The average Bonchev–Trinajstić information content (AvgIpc) is 4.16. The van der Waals surface area contributed by atoms with E-state index in [4.69, 9.17) is 42.6 Å². The number of halogens is 2. The summed E-state index contributed by atoms with van der Waals surface area (Å²) >= 11 is 12.3. The minimum Gasteiger partial charge on any atom is -0.479 e. The Morgan fingerprint density at radius 3 is 1.23 bits per heavy atom. The molecule has 0 aliphatic heterocycles. The number of aryl methyl sites for hydroxylation is 4. The third kappa shape index (κ3) is 11.9. The first-order valence-electron chi connectivity index (χ1n) is 22.4. The summed E-state index contributed by atoms with van der Waals surface area (Å²) in [6.07, 6.45) is 7.45. The molecule has 2 aromatic heterocycles. The van der Waals surface area contributed by atoms with Crippen molar-refractivity contribution in [3.63, 3.8) is 0 Å². The lowest BCUT2D eigenvalue weighted by Gasteiger charge is -2.28. The Balaban J connectivity index is 0.000000191. The second-order valence-corrected chi connectivity index (χ2v) is 20.5. The van der Waals surface area contributed by atoms with E-state index in [2.05, 4.69) is 24.3 Å². The van der Waals surface area contributed by atoms with Gasteiger partial charge in [-0.2, -0.15) is 0 Å². The number of hydrogen-bond acceptors (Lipinski definition) is 6. The summed E-state index contributed by atoms with van der Waals surface area (Å²) in [5, 5.41) is 23.3. The fraction of sp³-hybridized carbons (Fsp3) is 0.407. The van der Waals surface area contributed by atoms with E-state index in [1.807, 2.05) is 116 Å². The second-order valence-electron chi connectivity index (χ2n) is 19.6. The molecule has 2 aliphatic carbocycles. The fourth-order valence-electron chi connectivity index (χ4n) is 8.43. The molecule has 8 nitrogen and oxygen atoms in total. The first kappa shape index (κ1) is 47.1. The maximum Gasteiger partial charge on any atom is 0.337 e. The van der Waals surface area contributed by atoms with Crippen LogP contribution < -0.4 is 0 Å². The van der Waals surface area contributed by atoms with Gasteiger partial charge in [0.1, 0.15) is 0 Å². The SMILES string of the molecule is Cc1cc2nc(CCC3CC3)ccc2c(-c2ccc(Cl)cc2)c1[C@H](OC(C)(C)C)C(=O)O.Cc1cc2nc(CCC3CC3)ccc2c(-c2ccc(Cl)cc2)c1[C@H](OC(C)(C)C)C(=O)O. The number of pyridine rings is 2. The highest BCUT2D eigenvalue weighted by Crippen LogP contribution is 2.43. The van der Waals surface area contributed by atoms with Crippen LogP contribution in [0.25, 0.3) is 44.1 Å². The number of aromatic nitrogens is 2. The molecule has 336 valence electrons. The number of ether oxygens (including phenoxy) is 2. The van der Waals surface area contributed by atoms with Gasteiger partial charge in [-0.05, 0) is 175 Å². The largest absolute Gasteiger partial charge is 0.479 e. The molecule has 0 radical (unpaired) electrons. The van der Waals surface area contributed by atoms with E-state index in [1.54, 1.807) is 0 Å². The quantitative estimate of drug-likeness (QED) is 0.111. The molecule has 0 bridgehead atoms. The van der Waals surface area contributed by atoms with Gasteiger partial charge in [0.2, 0.25) is 0 Å². The molecule has 0 saturated heterocycles. The summed E-state index contributed by atoms with van der Waals surface area (Å²) in [5.41, 5.74) is 9.20. The van der Waals surface area contributed by atoms with Gasteiger partial charge in [0.05, 0.1) is 22.2 Å². The predicted octanol–water partition coefficient (Wildman–Crippen LogP) is 14.3.